The maximum Gasteiger partial charge on any atom is 0.269 e. The maximum absolute atomic E-state index is 10.6. The van der Waals surface area contributed by atoms with E-state index in [9.17, 15) is 10.1 Å². The van der Waals surface area contributed by atoms with Crippen molar-refractivity contribution in [2.24, 2.45) is 5.41 Å². The summed E-state index contributed by atoms with van der Waals surface area (Å²) in [5.41, 5.74) is 0.467. The van der Waals surface area contributed by atoms with Crippen LogP contribution in [0.15, 0.2) is 29.2 Å². The van der Waals surface area contributed by atoms with Gasteiger partial charge in [-0.25, -0.2) is 0 Å². The molecular weight excluding hydrogens is 260 g/mol. The van der Waals surface area contributed by atoms with Gasteiger partial charge in [0.25, 0.3) is 5.69 Å². The first-order valence-electron chi connectivity index (χ1n) is 6.52. The van der Waals surface area contributed by atoms with Crippen LogP contribution in [0, 0.1) is 15.5 Å². The van der Waals surface area contributed by atoms with Crippen molar-refractivity contribution in [2.45, 2.75) is 42.9 Å². The highest BCUT2D eigenvalue weighted by molar-refractivity contribution is 8.00. The van der Waals surface area contributed by atoms with E-state index in [1.807, 2.05) is 30.9 Å². The van der Waals surface area contributed by atoms with Crippen molar-refractivity contribution in [1.29, 1.82) is 0 Å². The average Bonchev–Trinajstić information content (AvgIpc) is 2.64. The van der Waals surface area contributed by atoms with Crippen molar-refractivity contribution in [3.05, 3.63) is 34.4 Å². The Kier molecular flexibility index (Phi) is 4.16. The van der Waals surface area contributed by atoms with Gasteiger partial charge in [-0.15, -0.1) is 11.8 Å². The maximum atomic E-state index is 10.6. The Bertz CT molecular complexity index is 459. The zero-order chi connectivity index (χ0) is 14.0. The summed E-state index contributed by atoms with van der Waals surface area (Å²) < 4.78 is 0. The smallest absolute Gasteiger partial charge is 0.269 e. The summed E-state index contributed by atoms with van der Waals surface area (Å²) in [4.78, 5) is 11.4. The van der Waals surface area contributed by atoms with Gasteiger partial charge >= 0.3 is 0 Å². The normalized spacial score (nSPS) is 25.4. The molecule has 104 valence electrons. The lowest BCUT2D eigenvalue weighted by atomic mass is 9.87. The molecule has 5 heteroatoms. The number of non-ortho nitro benzene ring substituents is 1. The molecule has 1 aliphatic rings. The molecular formula is C14H20N2O2S. The van der Waals surface area contributed by atoms with Crippen LogP contribution in [-0.4, -0.2) is 23.3 Å². The molecule has 2 atom stereocenters. The molecule has 0 heterocycles. The highest BCUT2D eigenvalue weighted by Crippen LogP contribution is 2.44. The number of benzene rings is 1. The van der Waals surface area contributed by atoms with Crippen molar-refractivity contribution in [3.63, 3.8) is 0 Å². The second kappa shape index (κ2) is 5.51. The van der Waals surface area contributed by atoms with Gasteiger partial charge in [-0.05, 0) is 37.4 Å². The Labute approximate surface area is 118 Å². The van der Waals surface area contributed by atoms with Crippen LogP contribution in [0.25, 0.3) is 0 Å². The third-order valence-electron chi connectivity index (χ3n) is 3.93. The second-order valence-corrected chi connectivity index (χ2v) is 7.01. The summed E-state index contributed by atoms with van der Waals surface area (Å²) >= 11 is 1.82. The summed E-state index contributed by atoms with van der Waals surface area (Å²) in [5.74, 6) is 0. The fourth-order valence-corrected chi connectivity index (χ4v) is 4.38. The van der Waals surface area contributed by atoms with Gasteiger partial charge in [0.1, 0.15) is 0 Å². The molecule has 0 amide bonds. The fraction of sp³-hybridized carbons (Fsp3) is 0.571. The van der Waals surface area contributed by atoms with Crippen LogP contribution in [-0.2, 0) is 0 Å². The van der Waals surface area contributed by atoms with Gasteiger partial charge in [0.2, 0.25) is 0 Å². The molecule has 0 aromatic heterocycles. The molecule has 0 saturated heterocycles. The lowest BCUT2D eigenvalue weighted by Gasteiger charge is -2.30. The Morgan fingerprint density at radius 3 is 2.53 bits per heavy atom. The molecule has 2 rings (SSSR count). The predicted molar refractivity (Wildman–Crippen MR) is 78.6 cm³/mol. The average molecular weight is 280 g/mol. The van der Waals surface area contributed by atoms with Gasteiger partial charge < -0.3 is 5.32 Å². The molecule has 1 saturated carbocycles. The van der Waals surface area contributed by atoms with Crippen LogP contribution in [0.1, 0.15) is 26.7 Å². The van der Waals surface area contributed by atoms with E-state index in [0.717, 1.165) is 4.90 Å². The van der Waals surface area contributed by atoms with E-state index in [0.29, 0.717) is 16.7 Å². The molecule has 0 bridgehead atoms. The van der Waals surface area contributed by atoms with E-state index in [4.69, 9.17) is 0 Å². The quantitative estimate of drug-likeness (QED) is 0.678. The number of nitro groups is 1. The largest absolute Gasteiger partial charge is 0.315 e. The predicted octanol–water partition coefficient (Wildman–Crippen LogP) is 3.46. The Morgan fingerprint density at radius 1 is 1.37 bits per heavy atom. The minimum atomic E-state index is -0.358. The number of nitrogens with zero attached hydrogens (tertiary/aromatic N) is 1. The van der Waals surface area contributed by atoms with Gasteiger partial charge in [0, 0.05) is 28.3 Å². The topological polar surface area (TPSA) is 55.2 Å². The van der Waals surface area contributed by atoms with Crippen LogP contribution in [0.3, 0.4) is 0 Å². The second-order valence-electron chi connectivity index (χ2n) is 5.70. The fourth-order valence-electron chi connectivity index (χ4n) is 2.86. The van der Waals surface area contributed by atoms with Crippen molar-refractivity contribution < 1.29 is 4.92 Å². The summed E-state index contributed by atoms with van der Waals surface area (Å²) in [6, 6.07) is 7.34. The van der Waals surface area contributed by atoms with E-state index >= 15 is 0 Å². The van der Waals surface area contributed by atoms with Crippen LogP contribution >= 0.6 is 11.8 Å². The van der Waals surface area contributed by atoms with Crippen LogP contribution in [0.2, 0.25) is 0 Å². The van der Waals surface area contributed by atoms with Gasteiger partial charge in [-0.3, -0.25) is 10.1 Å². The monoisotopic (exact) mass is 280 g/mol. The van der Waals surface area contributed by atoms with Crippen LogP contribution in [0.5, 0.6) is 0 Å². The van der Waals surface area contributed by atoms with E-state index in [1.54, 1.807) is 12.1 Å². The summed E-state index contributed by atoms with van der Waals surface area (Å²) in [5, 5.41) is 14.6. The molecule has 0 radical (unpaired) electrons. The third-order valence-corrected chi connectivity index (χ3v) is 5.29. The number of nitrogens with one attached hydrogen (secondary N) is 1. The molecule has 4 nitrogen and oxygen atoms in total. The van der Waals surface area contributed by atoms with E-state index < -0.39 is 0 Å². The number of thioether (sulfide) groups is 1. The molecule has 1 aliphatic carbocycles. The first-order valence-corrected chi connectivity index (χ1v) is 7.40. The van der Waals surface area contributed by atoms with Crippen molar-refractivity contribution >= 4 is 17.4 Å². The number of nitro benzene ring substituents is 1. The highest BCUT2D eigenvalue weighted by Gasteiger charge is 2.41. The lowest BCUT2D eigenvalue weighted by molar-refractivity contribution is -0.384. The molecule has 1 aromatic rings. The van der Waals surface area contributed by atoms with E-state index in [1.165, 1.54) is 12.8 Å². The van der Waals surface area contributed by atoms with Crippen molar-refractivity contribution in [3.8, 4) is 0 Å². The minimum absolute atomic E-state index is 0.154. The van der Waals surface area contributed by atoms with Crippen molar-refractivity contribution in [1.82, 2.24) is 5.32 Å². The van der Waals surface area contributed by atoms with Gasteiger partial charge in [0.05, 0.1) is 4.92 Å². The summed E-state index contributed by atoms with van der Waals surface area (Å²) in [6.45, 7) is 4.59. The number of rotatable bonds is 4. The third kappa shape index (κ3) is 3.09. The first-order chi connectivity index (χ1) is 8.94. The zero-order valence-electron chi connectivity index (χ0n) is 11.6. The zero-order valence-corrected chi connectivity index (χ0v) is 12.4. The molecule has 1 fully saturated rings. The molecule has 19 heavy (non-hydrogen) atoms. The summed E-state index contributed by atoms with van der Waals surface area (Å²) in [7, 11) is 2.02. The molecule has 0 aliphatic heterocycles. The molecule has 0 spiro atoms. The summed E-state index contributed by atoms with van der Waals surface area (Å²) in [6.07, 6.45) is 2.39. The lowest BCUT2D eigenvalue weighted by Crippen LogP contribution is -2.41. The standard InChI is InChI=1S/C14H20N2O2S/c1-14(2)9-8-12(13(14)15-3)19-11-6-4-10(5-7-11)16(17)18/h4-7,12-13,15H,8-9H2,1-3H3. The van der Waals surface area contributed by atoms with Gasteiger partial charge in [0.15, 0.2) is 0 Å². The Morgan fingerprint density at radius 2 is 2.00 bits per heavy atom. The SMILES string of the molecule is CNC1C(Sc2ccc([N+](=O)[O-])cc2)CCC1(C)C. The van der Waals surface area contributed by atoms with E-state index in [2.05, 4.69) is 19.2 Å². The first kappa shape index (κ1) is 14.3. The van der Waals surface area contributed by atoms with Gasteiger partial charge in [-0.2, -0.15) is 0 Å². The number of hydrogen-bond donors (Lipinski definition) is 1. The Hall–Kier alpha value is -1.07. The Balaban J connectivity index is 2.07. The molecule has 1 aromatic carbocycles. The molecule has 1 N–H and O–H groups in total. The van der Waals surface area contributed by atoms with Crippen LogP contribution < -0.4 is 5.32 Å². The van der Waals surface area contributed by atoms with Crippen molar-refractivity contribution in [2.75, 3.05) is 7.05 Å². The van der Waals surface area contributed by atoms with Crippen LogP contribution in [0.4, 0.5) is 5.69 Å². The molecule has 2 unspecified atom stereocenters. The minimum Gasteiger partial charge on any atom is -0.315 e. The van der Waals surface area contributed by atoms with Gasteiger partial charge in [-0.1, -0.05) is 13.8 Å². The van der Waals surface area contributed by atoms with E-state index in [-0.39, 0.29) is 10.6 Å². The highest BCUT2D eigenvalue weighted by atomic mass is 32.2. The number of hydrogen-bond acceptors (Lipinski definition) is 4.